The first-order valence-electron chi connectivity index (χ1n) is 12.2. The molecule has 2 aliphatic carbocycles. The maximum atomic E-state index is 12.4. The van der Waals surface area contributed by atoms with Gasteiger partial charge in [0.25, 0.3) is 0 Å². The fourth-order valence-corrected chi connectivity index (χ4v) is 5.52. The monoisotopic (exact) mass is 478 g/mol. The summed E-state index contributed by atoms with van der Waals surface area (Å²) < 4.78 is 10.8. The minimum Gasteiger partial charge on any atom is -0.479 e. The van der Waals surface area contributed by atoms with Crippen LogP contribution >= 0.6 is 0 Å². The Morgan fingerprint density at radius 2 is 1.66 bits per heavy atom. The van der Waals surface area contributed by atoms with Gasteiger partial charge in [0.15, 0.2) is 6.10 Å². The smallest absolute Gasteiger partial charge is 0.407 e. The Balaban J connectivity index is 1.03. The molecule has 2 unspecified atom stereocenters. The summed E-state index contributed by atoms with van der Waals surface area (Å²) in [6.45, 7) is 0.994. The average Bonchev–Trinajstić information content (AvgIpc) is 3.43. The van der Waals surface area contributed by atoms with Crippen LogP contribution in [0, 0.1) is 11.8 Å². The molecule has 184 valence electrons. The van der Waals surface area contributed by atoms with Crippen LogP contribution in [-0.4, -0.2) is 55.0 Å². The highest BCUT2D eigenvalue weighted by atomic mass is 16.5. The molecule has 2 fully saturated rings. The van der Waals surface area contributed by atoms with Crippen molar-refractivity contribution in [2.75, 3.05) is 19.8 Å². The lowest BCUT2D eigenvalue weighted by molar-refractivity contribution is -0.149. The molecule has 0 aromatic heterocycles. The van der Waals surface area contributed by atoms with Gasteiger partial charge < -0.3 is 25.2 Å². The van der Waals surface area contributed by atoms with E-state index < -0.39 is 18.2 Å². The van der Waals surface area contributed by atoms with E-state index in [-0.39, 0.29) is 36.3 Å². The molecule has 1 saturated carbocycles. The maximum absolute atomic E-state index is 12.4. The Bertz CT molecular complexity index is 1070. The van der Waals surface area contributed by atoms with Crippen LogP contribution in [-0.2, 0) is 19.1 Å². The van der Waals surface area contributed by atoms with E-state index in [4.69, 9.17) is 14.6 Å². The molecule has 2 amide bonds. The number of amides is 2. The summed E-state index contributed by atoms with van der Waals surface area (Å²) in [5.74, 6) is -1.05. The van der Waals surface area contributed by atoms with E-state index in [1.165, 1.54) is 22.3 Å². The minimum absolute atomic E-state index is 0.00285. The largest absolute Gasteiger partial charge is 0.479 e. The fraction of sp³-hybridized carbons (Fsp3) is 0.444. The Morgan fingerprint density at radius 3 is 2.31 bits per heavy atom. The van der Waals surface area contributed by atoms with Gasteiger partial charge in [-0.05, 0) is 47.4 Å². The number of rotatable bonds is 8. The van der Waals surface area contributed by atoms with Gasteiger partial charge in [-0.1, -0.05) is 48.5 Å². The van der Waals surface area contributed by atoms with Gasteiger partial charge in [-0.3, -0.25) is 4.79 Å². The van der Waals surface area contributed by atoms with Crippen molar-refractivity contribution in [2.24, 2.45) is 11.8 Å². The van der Waals surface area contributed by atoms with Crippen molar-refractivity contribution in [2.45, 2.75) is 43.7 Å². The zero-order valence-electron chi connectivity index (χ0n) is 19.4. The quantitative estimate of drug-likeness (QED) is 0.537. The Labute approximate surface area is 204 Å². The number of ether oxygens (including phenoxy) is 2. The van der Waals surface area contributed by atoms with Gasteiger partial charge in [-0.15, -0.1) is 0 Å². The number of hydrogen-bond acceptors (Lipinski definition) is 5. The molecule has 3 aliphatic rings. The summed E-state index contributed by atoms with van der Waals surface area (Å²) in [5, 5.41) is 14.9. The van der Waals surface area contributed by atoms with Crippen molar-refractivity contribution < 1.29 is 29.0 Å². The molecule has 35 heavy (non-hydrogen) atoms. The number of nitrogens with one attached hydrogen (secondary N) is 2. The number of carbonyl (C=O) groups is 3. The minimum atomic E-state index is -0.983. The molecule has 0 radical (unpaired) electrons. The van der Waals surface area contributed by atoms with Crippen molar-refractivity contribution in [1.29, 1.82) is 0 Å². The molecule has 8 nitrogen and oxygen atoms in total. The van der Waals surface area contributed by atoms with Gasteiger partial charge in [-0.25, -0.2) is 9.59 Å². The van der Waals surface area contributed by atoms with Crippen molar-refractivity contribution in [1.82, 2.24) is 10.6 Å². The van der Waals surface area contributed by atoms with Crippen LogP contribution in [0.15, 0.2) is 48.5 Å². The van der Waals surface area contributed by atoms with Gasteiger partial charge in [0.2, 0.25) is 5.91 Å². The van der Waals surface area contributed by atoms with Crippen LogP contribution < -0.4 is 10.6 Å². The van der Waals surface area contributed by atoms with Gasteiger partial charge in [0, 0.05) is 37.5 Å². The number of hydrogen-bond donors (Lipinski definition) is 3. The molecular weight excluding hydrogens is 448 g/mol. The van der Waals surface area contributed by atoms with Crippen LogP contribution in [0.2, 0.25) is 0 Å². The summed E-state index contributed by atoms with van der Waals surface area (Å²) in [6.07, 6.45) is 1.18. The normalized spacial score (nSPS) is 24.7. The van der Waals surface area contributed by atoms with Gasteiger partial charge in [0.1, 0.15) is 6.61 Å². The molecule has 8 heteroatoms. The third kappa shape index (κ3) is 5.03. The molecule has 2 atom stereocenters. The topological polar surface area (TPSA) is 114 Å². The van der Waals surface area contributed by atoms with Crippen LogP contribution in [0.1, 0.15) is 42.7 Å². The second kappa shape index (κ2) is 10.1. The summed E-state index contributed by atoms with van der Waals surface area (Å²) in [7, 11) is 0. The first-order chi connectivity index (χ1) is 17.0. The number of fused-ring (bicyclic) bond motifs is 3. The molecular formula is C27H30N2O6. The predicted molar refractivity (Wildman–Crippen MR) is 128 cm³/mol. The van der Waals surface area contributed by atoms with Crippen molar-refractivity contribution >= 4 is 18.0 Å². The summed E-state index contributed by atoms with van der Waals surface area (Å²) in [5.41, 5.74) is 4.73. The first-order valence-corrected chi connectivity index (χ1v) is 12.2. The number of aliphatic carboxylic acids is 1. The first kappa shape index (κ1) is 23.4. The lowest BCUT2D eigenvalue weighted by atomic mass is 9.78. The maximum Gasteiger partial charge on any atom is 0.407 e. The molecule has 2 aromatic rings. The third-order valence-corrected chi connectivity index (χ3v) is 7.39. The van der Waals surface area contributed by atoms with E-state index in [1.807, 2.05) is 24.3 Å². The van der Waals surface area contributed by atoms with Crippen LogP contribution in [0.4, 0.5) is 4.79 Å². The van der Waals surface area contributed by atoms with Gasteiger partial charge in [-0.2, -0.15) is 0 Å². The molecule has 1 aliphatic heterocycles. The van der Waals surface area contributed by atoms with E-state index in [1.54, 1.807) is 0 Å². The second-order valence-corrected chi connectivity index (χ2v) is 9.69. The number of carboxylic acid groups (broad SMARTS) is 1. The van der Waals surface area contributed by atoms with E-state index in [0.29, 0.717) is 26.0 Å². The van der Waals surface area contributed by atoms with Crippen LogP contribution in [0.5, 0.6) is 0 Å². The Kier molecular flexibility index (Phi) is 6.72. The van der Waals surface area contributed by atoms with Crippen LogP contribution in [0.25, 0.3) is 11.1 Å². The predicted octanol–water partition coefficient (Wildman–Crippen LogP) is 3.30. The summed E-state index contributed by atoms with van der Waals surface area (Å²) >= 11 is 0. The zero-order chi connectivity index (χ0) is 24.4. The second-order valence-electron chi connectivity index (χ2n) is 9.69. The Hall–Kier alpha value is -3.39. The molecule has 0 bridgehead atoms. The van der Waals surface area contributed by atoms with E-state index >= 15 is 0 Å². The van der Waals surface area contributed by atoms with Gasteiger partial charge >= 0.3 is 12.1 Å². The number of alkyl carbamates (subject to hydrolysis) is 1. The van der Waals surface area contributed by atoms with Crippen molar-refractivity contribution in [3.05, 3.63) is 59.7 Å². The van der Waals surface area contributed by atoms with E-state index in [9.17, 15) is 14.4 Å². The number of carboxylic acids is 1. The van der Waals surface area contributed by atoms with E-state index in [2.05, 4.69) is 34.9 Å². The Morgan fingerprint density at radius 1 is 1.00 bits per heavy atom. The molecule has 2 aromatic carbocycles. The lowest BCUT2D eigenvalue weighted by Gasteiger charge is -2.35. The molecule has 5 rings (SSSR count). The van der Waals surface area contributed by atoms with E-state index in [0.717, 1.165) is 12.8 Å². The highest BCUT2D eigenvalue weighted by Crippen LogP contribution is 2.44. The summed E-state index contributed by atoms with van der Waals surface area (Å²) in [6, 6.07) is 16.4. The SMILES string of the molecule is O=C(CC1CC(NC(=O)OCC2c3ccccc3-c3ccccc32)C1)NCC1CCOC1C(=O)O. The molecule has 0 spiro atoms. The zero-order valence-corrected chi connectivity index (χ0v) is 19.4. The highest BCUT2D eigenvalue weighted by molar-refractivity contribution is 5.79. The summed E-state index contributed by atoms with van der Waals surface area (Å²) in [4.78, 5) is 35.8. The van der Waals surface area contributed by atoms with Gasteiger partial charge in [0.05, 0.1) is 0 Å². The van der Waals surface area contributed by atoms with Crippen molar-refractivity contribution in [3.63, 3.8) is 0 Å². The van der Waals surface area contributed by atoms with Crippen molar-refractivity contribution in [3.8, 4) is 11.1 Å². The van der Waals surface area contributed by atoms with Crippen LogP contribution in [0.3, 0.4) is 0 Å². The number of carbonyl (C=O) groups excluding carboxylic acids is 2. The fourth-order valence-electron chi connectivity index (χ4n) is 5.52. The molecule has 1 saturated heterocycles. The number of benzene rings is 2. The standard InChI is InChI=1S/C27H30N2O6/c30-24(28-14-17-9-10-34-25(17)26(31)32)13-16-11-18(12-16)29-27(33)35-15-23-21-7-3-1-5-19(21)20-6-2-4-8-22(20)23/h1-8,16-18,23,25H,9-15H2,(H,28,30)(H,29,33)(H,31,32). The molecule has 3 N–H and O–H groups in total. The molecule has 1 heterocycles. The highest BCUT2D eigenvalue weighted by Gasteiger charge is 2.36. The lowest BCUT2D eigenvalue weighted by Crippen LogP contribution is -2.46. The third-order valence-electron chi connectivity index (χ3n) is 7.39. The average molecular weight is 479 g/mol.